The van der Waals surface area contributed by atoms with Gasteiger partial charge in [0.2, 0.25) is 0 Å². The summed E-state index contributed by atoms with van der Waals surface area (Å²) in [5.74, 6) is -1.90. The van der Waals surface area contributed by atoms with Crippen molar-refractivity contribution in [3.8, 4) is 0 Å². The molecule has 0 aliphatic rings. The first-order valence-corrected chi connectivity index (χ1v) is 6.24. The molecule has 1 amide bonds. The lowest BCUT2D eigenvalue weighted by Crippen LogP contribution is -2.40. The third kappa shape index (κ3) is 4.04. The van der Waals surface area contributed by atoms with Crippen molar-refractivity contribution in [1.82, 2.24) is 5.32 Å². The Morgan fingerprint density at radius 3 is 2.60 bits per heavy atom. The number of nitrogens with one attached hydrogen (secondary N) is 1. The number of nitrogens with zero attached hydrogens (tertiary/aromatic N) is 1. The van der Waals surface area contributed by atoms with Gasteiger partial charge in [0.05, 0.1) is 4.92 Å². The molecule has 0 saturated carbocycles. The summed E-state index contributed by atoms with van der Waals surface area (Å²) >= 11 is 0. The average Bonchev–Trinajstić information content (AvgIpc) is 2.42. The standard InChI is InChI=1S/C13H16N2O5/c1-2-3-7-10(13(17)18)14-12(16)9-6-4-5-8-11(9)15(19)20/h4-6,8,10H,2-3,7H2,1H3,(H,14,16)(H,17,18). The summed E-state index contributed by atoms with van der Waals surface area (Å²) in [7, 11) is 0. The summed E-state index contributed by atoms with van der Waals surface area (Å²) in [4.78, 5) is 33.2. The second kappa shape index (κ2) is 7.22. The molecule has 0 bridgehead atoms. The molecule has 1 aromatic carbocycles. The van der Waals surface area contributed by atoms with Crippen LogP contribution in [-0.4, -0.2) is 27.9 Å². The Morgan fingerprint density at radius 1 is 1.40 bits per heavy atom. The van der Waals surface area contributed by atoms with E-state index in [2.05, 4.69) is 5.32 Å². The Morgan fingerprint density at radius 2 is 2.05 bits per heavy atom. The maximum atomic E-state index is 12.0. The van der Waals surface area contributed by atoms with E-state index in [1.54, 1.807) is 0 Å². The van der Waals surface area contributed by atoms with Crippen LogP contribution >= 0.6 is 0 Å². The minimum absolute atomic E-state index is 0.139. The van der Waals surface area contributed by atoms with E-state index >= 15 is 0 Å². The van der Waals surface area contributed by atoms with E-state index in [9.17, 15) is 19.7 Å². The maximum Gasteiger partial charge on any atom is 0.326 e. The van der Waals surface area contributed by atoms with Gasteiger partial charge < -0.3 is 10.4 Å². The highest BCUT2D eigenvalue weighted by atomic mass is 16.6. The van der Waals surface area contributed by atoms with Gasteiger partial charge in [-0.15, -0.1) is 0 Å². The number of unbranched alkanes of at least 4 members (excludes halogenated alkanes) is 1. The van der Waals surface area contributed by atoms with Crippen molar-refractivity contribution >= 4 is 17.6 Å². The number of hydrogen-bond acceptors (Lipinski definition) is 4. The van der Waals surface area contributed by atoms with Gasteiger partial charge in [-0.25, -0.2) is 4.79 Å². The van der Waals surface area contributed by atoms with Crippen molar-refractivity contribution in [3.63, 3.8) is 0 Å². The van der Waals surface area contributed by atoms with Crippen molar-refractivity contribution in [1.29, 1.82) is 0 Å². The average molecular weight is 280 g/mol. The van der Waals surface area contributed by atoms with E-state index in [4.69, 9.17) is 5.11 Å². The fourth-order valence-corrected chi connectivity index (χ4v) is 1.73. The molecule has 7 nitrogen and oxygen atoms in total. The lowest BCUT2D eigenvalue weighted by molar-refractivity contribution is -0.385. The first kappa shape index (κ1) is 15.6. The van der Waals surface area contributed by atoms with Gasteiger partial charge in [0.25, 0.3) is 11.6 Å². The summed E-state index contributed by atoms with van der Waals surface area (Å²) in [6.45, 7) is 1.91. The normalized spacial score (nSPS) is 11.7. The highest BCUT2D eigenvalue weighted by Crippen LogP contribution is 2.17. The van der Waals surface area contributed by atoms with Crippen LogP contribution < -0.4 is 5.32 Å². The summed E-state index contributed by atoms with van der Waals surface area (Å²) in [6, 6.07) is 4.40. The van der Waals surface area contributed by atoms with Crippen LogP contribution in [-0.2, 0) is 4.79 Å². The Balaban J connectivity index is 2.89. The second-order valence-electron chi connectivity index (χ2n) is 4.28. The molecule has 7 heteroatoms. The number of benzene rings is 1. The van der Waals surface area contributed by atoms with Gasteiger partial charge >= 0.3 is 5.97 Å². The Labute approximate surface area is 115 Å². The van der Waals surface area contributed by atoms with Crippen LogP contribution in [0.1, 0.15) is 36.5 Å². The molecule has 1 rings (SSSR count). The van der Waals surface area contributed by atoms with Crippen molar-refractivity contribution in [2.24, 2.45) is 0 Å². The molecule has 0 spiro atoms. The van der Waals surface area contributed by atoms with E-state index in [0.717, 1.165) is 6.42 Å². The molecule has 1 atom stereocenters. The van der Waals surface area contributed by atoms with Crippen molar-refractivity contribution in [2.45, 2.75) is 32.2 Å². The Bertz CT molecular complexity index is 515. The minimum atomic E-state index is -1.15. The molecule has 0 heterocycles. The zero-order chi connectivity index (χ0) is 15.1. The minimum Gasteiger partial charge on any atom is -0.480 e. The molecule has 20 heavy (non-hydrogen) atoms. The predicted octanol–water partition coefficient (Wildman–Crippen LogP) is 1.97. The van der Waals surface area contributed by atoms with Crippen LogP contribution in [0.4, 0.5) is 5.69 Å². The number of carboxylic acids is 1. The van der Waals surface area contributed by atoms with Gasteiger partial charge in [-0.05, 0) is 12.5 Å². The maximum absolute atomic E-state index is 12.0. The van der Waals surface area contributed by atoms with Crippen LogP contribution in [0.25, 0.3) is 0 Å². The van der Waals surface area contributed by atoms with E-state index in [1.807, 2.05) is 6.92 Å². The number of amides is 1. The van der Waals surface area contributed by atoms with Crippen LogP contribution in [0.5, 0.6) is 0 Å². The number of aliphatic carboxylic acids is 1. The highest BCUT2D eigenvalue weighted by Gasteiger charge is 2.24. The molecule has 0 fully saturated rings. The molecule has 1 unspecified atom stereocenters. The number of carbonyl (C=O) groups excluding carboxylic acids is 1. The highest BCUT2D eigenvalue weighted by molar-refractivity contribution is 5.99. The zero-order valence-corrected chi connectivity index (χ0v) is 11.0. The molecule has 108 valence electrons. The van der Waals surface area contributed by atoms with Crippen LogP contribution in [0, 0.1) is 10.1 Å². The van der Waals surface area contributed by atoms with E-state index in [-0.39, 0.29) is 17.7 Å². The summed E-state index contributed by atoms with van der Waals surface area (Å²) in [6.07, 6.45) is 1.73. The fraction of sp³-hybridized carbons (Fsp3) is 0.385. The molecule has 1 aromatic rings. The lowest BCUT2D eigenvalue weighted by atomic mass is 10.1. The van der Waals surface area contributed by atoms with Crippen molar-refractivity contribution in [2.75, 3.05) is 0 Å². The lowest BCUT2D eigenvalue weighted by Gasteiger charge is -2.14. The van der Waals surface area contributed by atoms with Gasteiger partial charge in [0, 0.05) is 6.07 Å². The van der Waals surface area contributed by atoms with Gasteiger partial charge in [0.1, 0.15) is 11.6 Å². The largest absolute Gasteiger partial charge is 0.480 e. The summed E-state index contributed by atoms with van der Waals surface area (Å²) in [5.41, 5.74) is -0.482. The van der Waals surface area contributed by atoms with Gasteiger partial charge in [-0.2, -0.15) is 0 Å². The predicted molar refractivity (Wildman–Crippen MR) is 71.5 cm³/mol. The topological polar surface area (TPSA) is 110 Å². The molecule has 2 N–H and O–H groups in total. The first-order chi connectivity index (χ1) is 9.47. The smallest absolute Gasteiger partial charge is 0.326 e. The van der Waals surface area contributed by atoms with Gasteiger partial charge in [0.15, 0.2) is 0 Å². The fourth-order valence-electron chi connectivity index (χ4n) is 1.73. The van der Waals surface area contributed by atoms with E-state index < -0.39 is 22.8 Å². The van der Waals surface area contributed by atoms with Crippen LogP contribution in [0.15, 0.2) is 24.3 Å². The van der Waals surface area contributed by atoms with Gasteiger partial charge in [-0.3, -0.25) is 14.9 Å². The van der Waals surface area contributed by atoms with Crippen molar-refractivity contribution < 1.29 is 19.6 Å². The van der Waals surface area contributed by atoms with Crippen LogP contribution in [0.3, 0.4) is 0 Å². The van der Waals surface area contributed by atoms with E-state index in [0.29, 0.717) is 6.42 Å². The number of carbonyl (C=O) groups is 2. The Hall–Kier alpha value is -2.44. The van der Waals surface area contributed by atoms with Gasteiger partial charge in [-0.1, -0.05) is 31.9 Å². The molecular formula is C13H16N2O5. The zero-order valence-electron chi connectivity index (χ0n) is 11.0. The molecule has 0 saturated heterocycles. The quantitative estimate of drug-likeness (QED) is 0.586. The third-order valence-electron chi connectivity index (χ3n) is 2.80. The molecule has 0 aliphatic carbocycles. The number of rotatable bonds is 7. The molecule has 0 radical (unpaired) electrons. The van der Waals surface area contributed by atoms with Crippen LogP contribution in [0.2, 0.25) is 0 Å². The van der Waals surface area contributed by atoms with Crippen molar-refractivity contribution in [3.05, 3.63) is 39.9 Å². The molecule has 0 aliphatic heterocycles. The Kier molecular flexibility index (Phi) is 5.64. The second-order valence-corrected chi connectivity index (χ2v) is 4.28. The molecule has 0 aromatic heterocycles. The third-order valence-corrected chi connectivity index (χ3v) is 2.80. The first-order valence-electron chi connectivity index (χ1n) is 6.24. The number of hydrogen-bond donors (Lipinski definition) is 2. The summed E-state index contributed by atoms with van der Waals surface area (Å²) < 4.78 is 0. The number of nitro groups is 1. The SMILES string of the molecule is CCCCC(NC(=O)c1ccccc1[N+](=O)[O-])C(=O)O. The molecular weight excluding hydrogens is 264 g/mol. The monoisotopic (exact) mass is 280 g/mol. The summed E-state index contributed by atoms with van der Waals surface area (Å²) in [5, 5.41) is 22.2. The number of para-hydroxylation sites is 1. The number of nitro benzene ring substituents is 1. The van der Waals surface area contributed by atoms with E-state index in [1.165, 1.54) is 24.3 Å². The number of carboxylic acid groups (broad SMARTS) is 1.